The van der Waals surface area contributed by atoms with Crippen molar-refractivity contribution in [1.29, 1.82) is 0 Å². The van der Waals surface area contributed by atoms with Crippen molar-refractivity contribution in [3.05, 3.63) is 40.7 Å². The van der Waals surface area contributed by atoms with E-state index >= 15 is 0 Å². The summed E-state index contributed by atoms with van der Waals surface area (Å²) in [4.78, 5) is 4.69. The monoisotopic (exact) mass is 306 g/mol. The van der Waals surface area contributed by atoms with Crippen LogP contribution in [0.4, 0.5) is 0 Å². The molecule has 2 aromatic rings. The number of hydrogen-bond donors (Lipinski definition) is 1. The smallest absolute Gasteiger partial charge is 0.0948 e. The highest BCUT2D eigenvalue weighted by Crippen LogP contribution is 2.22. The summed E-state index contributed by atoms with van der Waals surface area (Å²) in [6.45, 7) is 4.48. The third-order valence-electron chi connectivity index (χ3n) is 2.84. The van der Waals surface area contributed by atoms with Crippen molar-refractivity contribution in [2.45, 2.75) is 26.3 Å². The second-order valence-electron chi connectivity index (χ2n) is 5.39. The number of aromatic nitrogens is 1. The molecule has 0 bridgehead atoms. The van der Waals surface area contributed by atoms with Crippen LogP contribution < -0.4 is 5.73 Å². The largest absolute Gasteiger partial charge is 0.327 e. The molecule has 4 heteroatoms. The van der Waals surface area contributed by atoms with Crippen molar-refractivity contribution in [2.75, 3.05) is 11.5 Å². The molecule has 2 N–H and O–H groups in total. The fraction of sp³-hybridized carbons (Fsp3) is 0.438. The molecule has 1 aromatic heterocycles. The van der Waals surface area contributed by atoms with Crippen LogP contribution in [0.3, 0.4) is 0 Å². The molecule has 0 aliphatic carbocycles. The average molecular weight is 306 g/mol. The number of thiazole rings is 1. The molecule has 2 nitrogen and oxygen atoms in total. The zero-order valence-corrected chi connectivity index (χ0v) is 13.7. The SMILES string of the molecule is CC(C)CSCC(N)Cc1nc(-c2ccccc2)cs1. The van der Waals surface area contributed by atoms with Crippen LogP contribution in [0.15, 0.2) is 35.7 Å². The fourth-order valence-electron chi connectivity index (χ4n) is 1.88. The Bertz CT molecular complexity index is 508. The highest BCUT2D eigenvalue weighted by molar-refractivity contribution is 7.99. The van der Waals surface area contributed by atoms with Crippen LogP contribution in [-0.4, -0.2) is 22.5 Å². The molecular weight excluding hydrogens is 284 g/mol. The molecule has 2 rings (SSSR count). The molecule has 0 saturated heterocycles. The van der Waals surface area contributed by atoms with Gasteiger partial charge >= 0.3 is 0 Å². The Morgan fingerprint density at radius 3 is 2.65 bits per heavy atom. The summed E-state index contributed by atoms with van der Waals surface area (Å²) in [5.74, 6) is 2.93. The van der Waals surface area contributed by atoms with E-state index in [2.05, 4.69) is 31.4 Å². The summed E-state index contributed by atoms with van der Waals surface area (Å²) in [5.41, 5.74) is 8.43. The predicted octanol–water partition coefficient (Wildman–Crippen LogP) is 4.07. The van der Waals surface area contributed by atoms with Crippen molar-refractivity contribution in [3.63, 3.8) is 0 Å². The van der Waals surface area contributed by atoms with Crippen molar-refractivity contribution in [3.8, 4) is 11.3 Å². The van der Waals surface area contributed by atoms with Gasteiger partial charge in [0, 0.05) is 29.2 Å². The van der Waals surface area contributed by atoms with Gasteiger partial charge in [-0.15, -0.1) is 11.3 Å². The molecule has 0 amide bonds. The number of thioether (sulfide) groups is 1. The molecule has 1 heterocycles. The van der Waals surface area contributed by atoms with Crippen LogP contribution in [0, 0.1) is 5.92 Å². The third kappa shape index (κ3) is 4.93. The summed E-state index contributed by atoms with van der Waals surface area (Å²) in [6, 6.07) is 10.5. The predicted molar refractivity (Wildman–Crippen MR) is 91.4 cm³/mol. The van der Waals surface area contributed by atoms with Crippen molar-refractivity contribution >= 4 is 23.1 Å². The highest BCUT2D eigenvalue weighted by Gasteiger charge is 2.09. The first-order valence-corrected chi connectivity index (χ1v) is 9.01. The number of benzene rings is 1. The highest BCUT2D eigenvalue weighted by atomic mass is 32.2. The Balaban J connectivity index is 1.86. The van der Waals surface area contributed by atoms with Gasteiger partial charge < -0.3 is 5.73 Å². The van der Waals surface area contributed by atoms with E-state index in [0.717, 1.165) is 28.8 Å². The van der Waals surface area contributed by atoms with Crippen molar-refractivity contribution < 1.29 is 0 Å². The molecule has 1 aromatic carbocycles. The molecule has 0 saturated carbocycles. The molecule has 108 valence electrons. The number of nitrogens with two attached hydrogens (primary N) is 1. The van der Waals surface area contributed by atoms with Crippen LogP contribution in [0.1, 0.15) is 18.9 Å². The first kappa shape index (κ1) is 15.5. The zero-order chi connectivity index (χ0) is 14.4. The van der Waals surface area contributed by atoms with E-state index < -0.39 is 0 Å². The molecule has 0 spiro atoms. The molecule has 1 unspecified atom stereocenters. The number of nitrogens with zero attached hydrogens (tertiary/aromatic N) is 1. The third-order valence-corrected chi connectivity index (χ3v) is 5.28. The normalized spacial score (nSPS) is 12.8. The molecule has 0 aliphatic heterocycles. The van der Waals surface area contributed by atoms with Gasteiger partial charge in [0.25, 0.3) is 0 Å². The van der Waals surface area contributed by atoms with E-state index in [1.807, 2.05) is 30.0 Å². The van der Waals surface area contributed by atoms with Gasteiger partial charge in [0.15, 0.2) is 0 Å². The Morgan fingerprint density at radius 2 is 1.95 bits per heavy atom. The molecule has 0 fully saturated rings. The first-order chi connectivity index (χ1) is 9.65. The van der Waals surface area contributed by atoms with E-state index in [0.29, 0.717) is 0 Å². The van der Waals surface area contributed by atoms with Gasteiger partial charge in [-0.3, -0.25) is 0 Å². The minimum Gasteiger partial charge on any atom is -0.327 e. The molecule has 1 atom stereocenters. The van der Waals surface area contributed by atoms with E-state index in [4.69, 9.17) is 10.7 Å². The second-order valence-corrected chi connectivity index (χ2v) is 7.41. The lowest BCUT2D eigenvalue weighted by Crippen LogP contribution is -2.25. The topological polar surface area (TPSA) is 38.9 Å². The van der Waals surface area contributed by atoms with E-state index in [9.17, 15) is 0 Å². The van der Waals surface area contributed by atoms with Gasteiger partial charge in [0.1, 0.15) is 0 Å². The van der Waals surface area contributed by atoms with Crippen molar-refractivity contribution in [1.82, 2.24) is 4.98 Å². The number of rotatable bonds is 7. The molecule has 20 heavy (non-hydrogen) atoms. The Labute approximate surface area is 129 Å². The van der Waals surface area contributed by atoms with E-state index in [-0.39, 0.29) is 6.04 Å². The lowest BCUT2D eigenvalue weighted by atomic mass is 10.2. The van der Waals surface area contributed by atoms with Crippen LogP contribution in [0.25, 0.3) is 11.3 Å². The summed E-state index contributed by atoms with van der Waals surface area (Å²) in [7, 11) is 0. The Kier molecular flexibility index (Phi) is 6.07. The van der Waals surface area contributed by atoms with Gasteiger partial charge in [0.2, 0.25) is 0 Å². The lowest BCUT2D eigenvalue weighted by Gasteiger charge is -2.10. The molecular formula is C16H22N2S2. The maximum atomic E-state index is 6.19. The van der Waals surface area contributed by atoms with Crippen LogP contribution in [0.2, 0.25) is 0 Å². The second kappa shape index (κ2) is 7.81. The maximum Gasteiger partial charge on any atom is 0.0948 e. The van der Waals surface area contributed by atoms with Crippen LogP contribution in [-0.2, 0) is 6.42 Å². The first-order valence-electron chi connectivity index (χ1n) is 6.98. The minimum absolute atomic E-state index is 0.202. The quantitative estimate of drug-likeness (QED) is 0.838. The lowest BCUT2D eigenvalue weighted by molar-refractivity contribution is 0.729. The fourth-order valence-corrected chi connectivity index (χ4v) is 3.81. The maximum absolute atomic E-state index is 6.19. The minimum atomic E-state index is 0.202. The van der Waals surface area contributed by atoms with E-state index in [1.165, 1.54) is 11.3 Å². The Hall–Kier alpha value is -0.840. The zero-order valence-electron chi connectivity index (χ0n) is 12.1. The summed E-state index contributed by atoms with van der Waals surface area (Å²) >= 11 is 3.66. The summed E-state index contributed by atoms with van der Waals surface area (Å²) in [5, 5.41) is 3.26. The Morgan fingerprint density at radius 1 is 1.20 bits per heavy atom. The summed E-state index contributed by atoms with van der Waals surface area (Å²) < 4.78 is 0. The van der Waals surface area contributed by atoms with Gasteiger partial charge in [-0.25, -0.2) is 4.98 Å². The van der Waals surface area contributed by atoms with Gasteiger partial charge in [-0.05, 0) is 11.7 Å². The molecule has 0 aliphatic rings. The standard InChI is InChI=1S/C16H22N2S2/c1-12(2)9-19-10-14(17)8-16-18-15(11-20-16)13-6-4-3-5-7-13/h3-7,11-12,14H,8-10,17H2,1-2H3. The van der Waals surface area contributed by atoms with Gasteiger partial charge in [0.05, 0.1) is 10.7 Å². The van der Waals surface area contributed by atoms with Gasteiger partial charge in [-0.2, -0.15) is 11.8 Å². The summed E-state index contributed by atoms with van der Waals surface area (Å²) in [6.07, 6.45) is 0.878. The van der Waals surface area contributed by atoms with Crippen LogP contribution >= 0.6 is 23.1 Å². The van der Waals surface area contributed by atoms with Crippen LogP contribution in [0.5, 0.6) is 0 Å². The van der Waals surface area contributed by atoms with Gasteiger partial charge in [-0.1, -0.05) is 44.2 Å². The van der Waals surface area contributed by atoms with Crippen molar-refractivity contribution in [2.24, 2.45) is 11.7 Å². The molecule has 0 radical (unpaired) electrons. The average Bonchev–Trinajstić information content (AvgIpc) is 2.88. The number of hydrogen-bond acceptors (Lipinski definition) is 4. The van der Waals surface area contributed by atoms with E-state index in [1.54, 1.807) is 11.3 Å².